The normalized spacial score (nSPS) is 12.1. The molecule has 0 atom stereocenters. The van der Waals surface area contributed by atoms with Crippen molar-refractivity contribution in [2.75, 3.05) is 0 Å². The Bertz CT molecular complexity index is 205. The zero-order valence-corrected chi connectivity index (χ0v) is 9.66. The smallest absolute Gasteiger partial charge is 0.0160 e. The van der Waals surface area contributed by atoms with Crippen molar-refractivity contribution in [1.82, 2.24) is 0 Å². The van der Waals surface area contributed by atoms with Crippen LogP contribution in [0.25, 0.3) is 0 Å². The van der Waals surface area contributed by atoms with Crippen molar-refractivity contribution in [2.24, 2.45) is 0 Å². The van der Waals surface area contributed by atoms with Crippen molar-refractivity contribution in [2.45, 2.75) is 27.2 Å². The van der Waals surface area contributed by atoms with Gasteiger partial charge in [0.05, 0.1) is 0 Å². The van der Waals surface area contributed by atoms with E-state index < -0.39 is 0 Å². The van der Waals surface area contributed by atoms with E-state index in [1.165, 1.54) is 5.57 Å². The Balaban J connectivity index is 0. The summed E-state index contributed by atoms with van der Waals surface area (Å²) in [4.78, 5) is 0. The lowest BCUT2D eigenvalue weighted by atomic mass is 10.2. The fraction of sp³-hybridized carbons (Fsp3) is 0.286. The van der Waals surface area contributed by atoms with E-state index in [0.717, 1.165) is 6.42 Å². The second kappa shape index (κ2) is 14.2. The molecular weight excluding hydrogens is 168 g/mol. The van der Waals surface area contributed by atoms with Gasteiger partial charge in [-0.05, 0) is 13.3 Å². The van der Waals surface area contributed by atoms with E-state index >= 15 is 0 Å². The van der Waals surface area contributed by atoms with Crippen molar-refractivity contribution in [3.05, 3.63) is 61.3 Å². The largest absolute Gasteiger partial charge is 0.0991 e. The summed E-state index contributed by atoms with van der Waals surface area (Å²) < 4.78 is 0. The monoisotopic (exact) mass is 190 g/mol. The molecule has 0 aromatic heterocycles. The Kier molecular flexibility index (Phi) is 15.4. The first-order chi connectivity index (χ1) is 6.81. The first-order valence-corrected chi connectivity index (χ1v) is 5.04. The van der Waals surface area contributed by atoms with Crippen molar-refractivity contribution in [3.8, 4) is 0 Å². The molecule has 0 aromatic carbocycles. The van der Waals surface area contributed by atoms with Gasteiger partial charge in [0, 0.05) is 0 Å². The lowest BCUT2D eigenvalue weighted by Gasteiger charge is -1.82. The number of rotatable bonds is 1. The minimum Gasteiger partial charge on any atom is -0.0991 e. The van der Waals surface area contributed by atoms with E-state index in [1.807, 2.05) is 13.8 Å². The summed E-state index contributed by atoms with van der Waals surface area (Å²) in [6.45, 7) is 12.8. The standard InChI is InChI=1S/C8H10.C4H6.C2H6/c1-8-6-4-2-3-5-7-8;1-3-4-2;1-2/h2-4,6-7H,5H2,1H3;3-4H,1-2H2;1-2H3. The lowest BCUT2D eigenvalue weighted by Crippen LogP contribution is -1.62. The highest BCUT2D eigenvalue weighted by molar-refractivity contribution is 5.24. The maximum Gasteiger partial charge on any atom is -0.0160 e. The topological polar surface area (TPSA) is 0 Å². The molecule has 0 heterocycles. The molecule has 1 aliphatic rings. The minimum absolute atomic E-state index is 1.08. The minimum atomic E-state index is 1.08. The summed E-state index contributed by atoms with van der Waals surface area (Å²) >= 11 is 0. The van der Waals surface area contributed by atoms with Crippen molar-refractivity contribution >= 4 is 0 Å². The van der Waals surface area contributed by atoms with Gasteiger partial charge in [0.1, 0.15) is 0 Å². The van der Waals surface area contributed by atoms with Crippen LogP contribution in [-0.4, -0.2) is 0 Å². The van der Waals surface area contributed by atoms with Gasteiger partial charge in [0.15, 0.2) is 0 Å². The number of hydrogen-bond donors (Lipinski definition) is 0. The Morgan fingerprint density at radius 2 is 1.71 bits per heavy atom. The van der Waals surface area contributed by atoms with Crippen LogP contribution in [0.3, 0.4) is 0 Å². The first kappa shape index (κ1) is 15.2. The van der Waals surface area contributed by atoms with Gasteiger partial charge >= 0.3 is 0 Å². The Hall–Kier alpha value is -1.30. The molecule has 0 radical (unpaired) electrons. The summed E-state index contributed by atoms with van der Waals surface area (Å²) in [5, 5.41) is 0. The van der Waals surface area contributed by atoms with Crippen molar-refractivity contribution < 1.29 is 0 Å². The highest BCUT2D eigenvalue weighted by Crippen LogP contribution is 2.01. The molecular formula is C14H22. The molecule has 0 saturated carbocycles. The van der Waals surface area contributed by atoms with Gasteiger partial charge in [-0.15, -0.1) is 0 Å². The van der Waals surface area contributed by atoms with E-state index in [4.69, 9.17) is 0 Å². The molecule has 0 saturated heterocycles. The maximum absolute atomic E-state index is 3.36. The Labute approximate surface area is 89.0 Å². The molecule has 0 heteroatoms. The third-order valence-electron chi connectivity index (χ3n) is 1.35. The molecule has 78 valence electrons. The maximum atomic E-state index is 3.36. The van der Waals surface area contributed by atoms with E-state index in [-0.39, 0.29) is 0 Å². The van der Waals surface area contributed by atoms with E-state index in [1.54, 1.807) is 12.2 Å². The van der Waals surface area contributed by atoms with Crippen LogP contribution in [0.15, 0.2) is 61.3 Å². The molecule has 1 rings (SSSR count). The van der Waals surface area contributed by atoms with Crippen LogP contribution in [0.5, 0.6) is 0 Å². The number of hydrogen-bond acceptors (Lipinski definition) is 0. The highest BCUT2D eigenvalue weighted by Gasteiger charge is 1.81. The summed E-state index contributed by atoms with van der Waals surface area (Å²) in [5.41, 5.74) is 1.36. The van der Waals surface area contributed by atoms with E-state index in [2.05, 4.69) is 50.5 Å². The second-order valence-corrected chi connectivity index (χ2v) is 2.44. The molecule has 0 N–H and O–H groups in total. The summed E-state index contributed by atoms with van der Waals surface area (Å²) in [7, 11) is 0. The van der Waals surface area contributed by atoms with Gasteiger partial charge in [-0.25, -0.2) is 0 Å². The zero-order chi connectivity index (χ0) is 11.2. The fourth-order valence-corrected chi connectivity index (χ4v) is 0.686. The van der Waals surface area contributed by atoms with Gasteiger partial charge in [0.2, 0.25) is 0 Å². The molecule has 0 amide bonds. The van der Waals surface area contributed by atoms with Crippen LogP contribution in [0.4, 0.5) is 0 Å². The fourth-order valence-electron chi connectivity index (χ4n) is 0.686. The Morgan fingerprint density at radius 1 is 1.14 bits per heavy atom. The van der Waals surface area contributed by atoms with Gasteiger partial charge in [0.25, 0.3) is 0 Å². The average Bonchev–Trinajstić information content (AvgIpc) is 2.49. The summed E-state index contributed by atoms with van der Waals surface area (Å²) in [6, 6.07) is 0. The Morgan fingerprint density at radius 3 is 2.21 bits per heavy atom. The second-order valence-electron chi connectivity index (χ2n) is 2.44. The molecule has 0 nitrogen and oxygen atoms in total. The molecule has 0 unspecified atom stereocenters. The molecule has 0 aromatic rings. The highest BCUT2D eigenvalue weighted by atomic mass is 13.9. The van der Waals surface area contributed by atoms with Crippen molar-refractivity contribution in [3.63, 3.8) is 0 Å². The van der Waals surface area contributed by atoms with Gasteiger partial charge in [-0.1, -0.05) is 75.1 Å². The molecule has 0 bridgehead atoms. The summed E-state index contributed by atoms with van der Waals surface area (Å²) in [5.74, 6) is 0. The molecule has 0 fully saturated rings. The predicted octanol–water partition coefficient (Wildman–Crippen LogP) is 4.83. The van der Waals surface area contributed by atoms with Gasteiger partial charge in [-0.2, -0.15) is 0 Å². The first-order valence-electron chi connectivity index (χ1n) is 5.04. The number of allylic oxidation sites excluding steroid dienone is 8. The van der Waals surface area contributed by atoms with Crippen LogP contribution < -0.4 is 0 Å². The molecule has 0 aliphatic heterocycles. The summed E-state index contributed by atoms with van der Waals surface area (Å²) in [6.07, 6.45) is 15.0. The van der Waals surface area contributed by atoms with Crippen LogP contribution in [-0.2, 0) is 0 Å². The SMILES string of the molecule is C=CC=C.CC.CC1=CCC=CC=C1. The van der Waals surface area contributed by atoms with Crippen LogP contribution in [0.1, 0.15) is 27.2 Å². The predicted molar refractivity (Wildman–Crippen MR) is 68.4 cm³/mol. The van der Waals surface area contributed by atoms with Crippen LogP contribution in [0, 0.1) is 0 Å². The quantitative estimate of drug-likeness (QED) is 0.519. The van der Waals surface area contributed by atoms with E-state index in [9.17, 15) is 0 Å². The zero-order valence-electron chi connectivity index (χ0n) is 9.66. The van der Waals surface area contributed by atoms with Gasteiger partial charge < -0.3 is 0 Å². The third-order valence-corrected chi connectivity index (χ3v) is 1.35. The van der Waals surface area contributed by atoms with E-state index in [0.29, 0.717) is 0 Å². The van der Waals surface area contributed by atoms with Crippen LogP contribution in [0.2, 0.25) is 0 Å². The lowest BCUT2D eigenvalue weighted by molar-refractivity contribution is 1.35. The molecule has 0 spiro atoms. The van der Waals surface area contributed by atoms with Crippen LogP contribution >= 0.6 is 0 Å². The van der Waals surface area contributed by atoms with Gasteiger partial charge in [-0.3, -0.25) is 0 Å². The third kappa shape index (κ3) is 13.3. The average molecular weight is 190 g/mol. The molecule has 14 heavy (non-hydrogen) atoms. The van der Waals surface area contributed by atoms with Crippen molar-refractivity contribution in [1.29, 1.82) is 0 Å². The molecule has 1 aliphatic carbocycles.